The summed E-state index contributed by atoms with van der Waals surface area (Å²) >= 11 is 1.55. The molecular weight excluding hydrogens is 226 g/mol. The van der Waals surface area contributed by atoms with Crippen molar-refractivity contribution in [1.82, 2.24) is 15.2 Å². The molecule has 5 nitrogen and oxygen atoms in total. The van der Waals surface area contributed by atoms with E-state index in [4.69, 9.17) is 9.47 Å². The summed E-state index contributed by atoms with van der Waals surface area (Å²) in [5, 5.41) is 7.88. The van der Waals surface area contributed by atoms with Gasteiger partial charge in [-0.3, -0.25) is 5.10 Å². The lowest BCUT2D eigenvalue weighted by molar-refractivity contribution is -0.0842. The molecular formula is C10H19N3O2S. The van der Waals surface area contributed by atoms with Gasteiger partial charge in [0.1, 0.15) is 0 Å². The van der Waals surface area contributed by atoms with E-state index in [1.165, 1.54) is 0 Å². The fourth-order valence-electron chi connectivity index (χ4n) is 1.17. The standard InChI is InChI=1S/C10H19N3O2S/c1-4-5-6-8-11-10(13-12-8)16-7-9(14-2)15-3/h9H,4-7H2,1-3H3,(H,11,12,13). The molecule has 1 aromatic rings. The molecule has 0 spiro atoms. The van der Waals surface area contributed by atoms with E-state index in [1.807, 2.05) is 0 Å². The quantitative estimate of drug-likeness (QED) is 0.559. The number of hydrogen-bond donors (Lipinski definition) is 1. The van der Waals surface area contributed by atoms with Gasteiger partial charge in [-0.1, -0.05) is 25.1 Å². The lowest BCUT2D eigenvalue weighted by Crippen LogP contribution is -2.15. The van der Waals surface area contributed by atoms with Gasteiger partial charge >= 0.3 is 0 Å². The van der Waals surface area contributed by atoms with Crippen LogP contribution in [0.15, 0.2) is 5.16 Å². The Hall–Kier alpha value is -0.590. The molecule has 0 saturated carbocycles. The first-order valence-corrected chi connectivity index (χ1v) is 6.38. The highest BCUT2D eigenvalue weighted by Crippen LogP contribution is 2.15. The molecule has 92 valence electrons. The highest BCUT2D eigenvalue weighted by atomic mass is 32.2. The van der Waals surface area contributed by atoms with E-state index in [9.17, 15) is 0 Å². The van der Waals surface area contributed by atoms with Crippen LogP contribution in [0.2, 0.25) is 0 Å². The monoisotopic (exact) mass is 245 g/mol. The van der Waals surface area contributed by atoms with E-state index in [-0.39, 0.29) is 6.29 Å². The SMILES string of the molecule is CCCCc1n[nH]c(SCC(OC)OC)n1. The summed E-state index contributed by atoms with van der Waals surface area (Å²) in [6, 6.07) is 0. The number of methoxy groups -OCH3 is 2. The molecule has 0 aromatic carbocycles. The molecule has 0 aliphatic carbocycles. The molecule has 0 aliphatic rings. The van der Waals surface area contributed by atoms with Crippen LogP contribution in [0, 0.1) is 0 Å². The van der Waals surface area contributed by atoms with Crippen molar-refractivity contribution in [3.8, 4) is 0 Å². The maximum atomic E-state index is 5.09. The number of aryl methyl sites for hydroxylation is 1. The van der Waals surface area contributed by atoms with Crippen LogP contribution in [0.3, 0.4) is 0 Å². The summed E-state index contributed by atoms with van der Waals surface area (Å²) in [4.78, 5) is 4.37. The van der Waals surface area contributed by atoms with Gasteiger partial charge in [-0.05, 0) is 6.42 Å². The second-order valence-electron chi connectivity index (χ2n) is 3.37. The highest BCUT2D eigenvalue weighted by molar-refractivity contribution is 7.99. The molecule has 1 aromatic heterocycles. The minimum Gasteiger partial charge on any atom is -0.355 e. The molecule has 0 atom stereocenters. The topological polar surface area (TPSA) is 60.0 Å². The van der Waals surface area contributed by atoms with Crippen LogP contribution in [-0.4, -0.2) is 41.4 Å². The van der Waals surface area contributed by atoms with E-state index in [2.05, 4.69) is 22.1 Å². The zero-order chi connectivity index (χ0) is 11.8. The number of aromatic nitrogens is 3. The first-order valence-electron chi connectivity index (χ1n) is 5.39. The first-order chi connectivity index (χ1) is 7.80. The summed E-state index contributed by atoms with van der Waals surface area (Å²) in [5.74, 6) is 1.59. The third-order valence-electron chi connectivity index (χ3n) is 2.15. The number of hydrogen-bond acceptors (Lipinski definition) is 5. The lowest BCUT2D eigenvalue weighted by atomic mass is 10.2. The van der Waals surface area contributed by atoms with Crippen molar-refractivity contribution in [2.24, 2.45) is 0 Å². The van der Waals surface area contributed by atoms with Gasteiger partial charge in [0, 0.05) is 20.6 Å². The van der Waals surface area contributed by atoms with Crippen molar-refractivity contribution in [3.05, 3.63) is 5.82 Å². The molecule has 1 N–H and O–H groups in total. The average Bonchev–Trinajstić information content (AvgIpc) is 2.76. The Bertz CT molecular complexity index is 289. The third-order valence-corrected chi connectivity index (χ3v) is 3.04. The second-order valence-corrected chi connectivity index (χ2v) is 4.38. The van der Waals surface area contributed by atoms with Gasteiger partial charge in [-0.2, -0.15) is 5.10 Å². The fourth-order valence-corrected chi connectivity index (χ4v) is 2.02. The largest absolute Gasteiger partial charge is 0.355 e. The van der Waals surface area contributed by atoms with Crippen LogP contribution >= 0.6 is 11.8 Å². The molecule has 1 rings (SSSR count). The Kier molecular flexibility index (Phi) is 6.44. The zero-order valence-electron chi connectivity index (χ0n) is 10.0. The van der Waals surface area contributed by atoms with Gasteiger partial charge in [0.2, 0.25) is 0 Å². The van der Waals surface area contributed by atoms with E-state index in [0.29, 0.717) is 5.75 Å². The van der Waals surface area contributed by atoms with Crippen molar-refractivity contribution in [2.45, 2.75) is 37.6 Å². The maximum absolute atomic E-state index is 5.09. The van der Waals surface area contributed by atoms with Gasteiger partial charge in [-0.25, -0.2) is 4.98 Å². The van der Waals surface area contributed by atoms with E-state index >= 15 is 0 Å². The number of ether oxygens (including phenoxy) is 2. The molecule has 0 bridgehead atoms. The number of H-pyrrole nitrogens is 1. The number of nitrogens with zero attached hydrogens (tertiary/aromatic N) is 2. The summed E-state index contributed by atoms with van der Waals surface area (Å²) in [5.41, 5.74) is 0. The number of thioether (sulfide) groups is 1. The second kappa shape index (κ2) is 7.65. The van der Waals surface area contributed by atoms with Crippen LogP contribution in [0.1, 0.15) is 25.6 Å². The van der Waals surface area contributed by atoms with E-state index < -0.39 is 0 Å². The summed E-state index contributed by atoms with van der Waals surface area (Å²) in [7, 11) is 3.25. The van der Waals surface area contributed by atoms with Gasteiger partial charge in [0.05, 0.1) is 5.75 Å². The first kappa shape index (κ1) is 13.5. The molecule has 0 saturated heterocycles. The predicted molar refractivity (Wildman–Crippen MR) is 63.5 cm³/mol. The molecule has 16 heavy (non-hydrogen) atoms. The van der Waals surface area contributed by atoms with Gasteiger partial charge in [0.25, 0.3) is 0 Å². The molecule has 0 amide bonds. The van der Waals surface area contributed by atoms with Crippen molar-refractivity contribution >= 4 is 11.8 Å². The van der Waals surface area contributed by atoms with Crippen molar-refractivity contribution in [2.75, 3.05) is 20.0 Å². The smallest absolute Gasteiger partial charge is 0.183 e. The summed E-state index contributed by atoms with van der Waals surface area (Å²) in [6.45, 7) is 2.16. The van der Waals surface area contributed by atoms with E-state index in [0.717, 1.165) is 30.2 Å². The summed E-state index contributed by atoms with van der Waals surface area (Å²) in [6.07, 6.45) is 3.02. The van der Waals surface area contributed by atoms with Crippen molar-refractivity contribution < 1.29 is 9.47 Å². The van der Waals surface area contributed by atoms with Gasteiger partial charge in [-0.15, -0.1) is 0 Å². The van der Waals surface area contributed by atoms with E-state index in [1.54, 1.807) is 26.0 Å². The molecule has 0 unspecified atom stereocenters. The van der Waals surface area contributed by atoms with Crippen LogP contribution in [-0.2, 0) is 15.9 Å². The Labute approximate surface area is 100 Å². The van der Waals surface area contributed by atoms with Crippen molar-refractivity contribution in [1.29, 1.82) is 0 Å². The molecule has 6 heteroatoms. The zero-order valence-corrected chi connectivity index (χ0v) is 10.8. The maximum Gasteiger partial charge on any atom is 0.183 e. The average molecular weight is 245 g/mol. The Morgan fingerprint density at radius 1 is 1.38 bits per heavy atom. The number of nitrogens with one attached hydrogen (secondary N) is 1. The Balaban J connectivity index is 2.33. The lowest BCUT2D eigenvalue weighted by Gasteiger charge is -2.10. The molecule has 0 radical (unpaired) electrons. The number of aromatic amines is 1. The van der Waals surface area contributed by atoms with Crippen molar-refractivity contribution in [3.63, 3.8) is 0 Å². The van der Waals surface area contributed by atoms with Crippen LogP contribution in [0.25, 0.3) is 0 Å². The molecule has 0 aliphatic heterocycles. The van der Waals surface area contributed by atoms with Gasteiger partial charge < -0.3 is 9.47 Å². The fraction of sp³-hybridized carbons (Fsp3) is 0.800. The Morgan fingerprint density at radius 2 is 2.12 bits per heavy atom. The number of rotatable bonds is 8. The predicted octanol–water partition coefficient (Wildman–Crippen LogP) is 1.86. The highest BCUT2D eigenvalue weighted by Gasteiger charge is 2.08. The minimum absolute atomic E-state index is 0.200. The normalized spacial score (nSPS) is 11.2. The van der Waals surface area contributed by atoms with Gasteiger partial charge in [0.15, 0.2) is 17.3 Å². The van der Waals surface area contributed by atoms with Crippen LogP contribution in [0.5, 0.6) is 0 Å². The number of unbranched alkanes of at least 4 members (excludes halogenated alkanes) is 1. The van der Waals surface area contributed by atoms with Crippen LogP contribution in [0.4, 0.5) is 0 Å². The molecule has 1 heterocycles. The molecule has 0 fully saturated rings. The van der Waals surface area contributed by atoms with Crippen LogP contribution < -0.4 is 0 Å². The Morgan fingerprint density at radius 3 is 2.75 bits per heavy atom. The summed E-state index contributed by atoms with van der Waals surface area (Å²) < 4.78 is 10.2. The third kappa shape index (κ3) is 4.51. The minimum atomic E-state index is -0.200.